The first kappa shape index (κ1) is 17.7. The second-order valence-electron chi connectivity index (χ2n) is 7.39. The van der Waals surface area contributed by atoms with Gasteiger partial charge >= 0.3 is 5.97 Å². The van der Waals surface area contributed by atoms with Crippen molar-refractivity contribution in [2.45, 2.75) is 45.6 Å². The molecule has 24 heavy (non-hydrogen) atoms. The highest BCUT2D eigenvalue weighted by atomic mass is 16.6. The zero-order valence-corrected chi connectivity index (χ0v) is 14.9. The summed E-state index contributed by atoms with van der Waals surface area (Å²) in [5.41, 5.74) is 2.58. The molecule has 0 aliphatic rings. The summed E-state index contributed by atoms with van der Waals surface area (Å²) in [5, 5.41) is 9.20. The van der Waals surface area contributed by atoms with Gasteiger partial charge in [0.2, 0.25) is 0 Å². The third kappa shape index (κ3) is 4.23. The van der Waals surface area contributed by atoms with Crippen LogP contribution in [0.3, 0.4) is 0 Å². The summed E-state index contributed by atoms with van der Waals surface area (Å²) in [5.74, 6) is -0.319. The van der Waals surface area contributed by atoms with Crippen LogP contribution in [0.2, 0.25) is 0 Å². The molecule has 0 fully saturated rings. The molecule has 2 aromatic carbocycles. The van der Waals surface area contributed by atoms with Gasteiger partial charge in [0.05, 0.1) is 17.0 Å². The average Bonchev–Trinajstić information content (AvgIpc) is 2.53. The van der Waals surface area contributed by atoms with Crippen LogP contribution in [0.5, 0.6) is 0 Å². The minimum Gasteiger partial charge on any atom is -0.456 e. The molecule has 0 radical (unpaired) electrons. The van der Waals surface area contributed by atoms with E-state index in [9.17, 15) is 10.1 Å². The van der Waals surface area contributed by atoms with Crippen LogP contribution in [0, 0.1) is 11.3 Å². The molecule has 0 N–H and O–H groups in total. The highest BCUT2D eigenvalue weighted by molar-refractivity contribution is 5.90. The van der Waals surface area contributed by atoms with E-state index in [1.807, 2.05) is 71.0 Å². The number of carbonyl (C=O) groups excluding carboxylic acids is 1. The van der Waals surface area contributed by atoms with Gasteiger partial charge in [0.1, 0.15) is 5.60 Å². The fourth-order valence-electron chi connectivity index (χ4n) is 2.28. The van der Waals surface area contributed by atoms with E-state index in [0.717, 1.165) is 16.7 Å². The Morgan fingerprint density at radius 3 is 1.75 bits per heavy atom. The first-order valence-electron chi connectivity index (χ1n) is 7.98. The largest absolute Gasteiger partial charge is 0.456 e. The van der Waals surface area contributed by atoms with Gasteiger partial charge in [-0.3, -0.25) is 0 Å². The predicted octanol–water partition coefficient (Wildman–Crippen LogP) is 5.11. The van der Waals surface area contributed by atoms with E-state index in [2.05, 4.69) is 6.07 Å². The molecular formula is C21H23NO2. The summed E-state index contributed by atoms with van der Waals surface area (Å²) < 4.78 is 5.37. The van der Waals surface area contributed by atoms with Crippen LogP contribution in [0.15, 0.2) is 48.5 Å². The minimum atomic E-state index is -0.501. The SMILES string of the molecule is CC(C)(C)OC(=O)c1ccc(-c2ccc(C(C)(C)C#N)cc2)cc1. The standard InChI is InChI=1S/C21H23NO2/c1-20(2,3)24-19(23)17-8-6-15(7-9-17)16-10-12-18(13-11-16)21(4,5)14-22/h6-13H,1-5H3. The highest BCUT2D eigenvalue weighted by Gasteiger charge is 2.20. The zero-order chi connectivity index (χ0) is 18.0. The summed E-state index contributed by atoms with van der Waals surface area (Å²) >= 11 is 0. The summed E-state index contributed by atoms with van der Waals surface area (Å²) in [6.07, 6.45) is 0. The predicted molar refractivity (Wildman–Crippen MR) is 95.7 cm³/mol. The lowest BCUT2D eigenvalue weighted by molar-refractivity contribution is 0.00696. The van der Waals surface area contributed by atoms with Gasteiger partial charge in [-0.2, -0.15) is 5.26 Å². The first-order chi connectivity index (χ1) is 11.1. The molecule has 0 aromatic heterocycles. The van der Waals surface area contributed by atoms with Crippen molar-refractivity contribution < 1.29 is 9.53 Å². The monoisotopic (exact) mass is 321 g/mol. The van der Waals surface area contributed by atoms with Gasteiger partial charge < -0.3 is 4.74 Å². The molecule has 0 saturated carbocycles. The van der Waals surface area contributed by atoms with Gasteiger partial charge in [-0.05, 0) is 63.4 Å². The fourth-order valence-corrected chi connectivity index (χ4v) is 2.28. The maximum atomic E-state index is 12.0. The molecule has 0 heterocycles. The Balaban J connectivity index is 2.20. The van der Waals surface area contributed by atoms with E-state index in [1.54, 1.807) is 12.1 Å². The van der Waals surface area contributed by atoms with Crippen molar-refractivity contribution in [3.05, 3.63) is 59.7 Å². The maximum absolute atomic E-state index is 12.0. The molecule has 0 bridgehead atoms. The van der Waals surface area contributed by atoms with Crippen molar-refractivity contribution in [1.29, 1.82) is 5.26 Å². The zero-order valence-electron chi connectivity index (χ0n) is 14.9. The molecule has 2 aromatic rings. The number of ether oxygens (including phenoxy) is 1. The molecule has 3 nitrogen and oxygen atoms in total. The summed E-state index contributed by atoms with van der Waals surface area (Å²) in [7, 11) is 0. The smallest absolute Gasteiger partial charge is 0.338 e. The Morgan fingerprint density at radius 2 is 1.33 bits per heavy atom. The molecule has 0 atom stereocenters. The molecule has 0 aliphatic heterocycles. The van der Waals surface area contributed by atoms with Crippen LogP contribution in [0.1, 0.15) is 50.5 Å². The van der Waals surface area contributed by atoms with E-state index >= 15 is 0 Å². The molecular weight excluding hydrogens is 298 g/mol. The van der Waals surface area contributed by atoms with Crippen molar-refractivity contribution in [3.63, 3.8) is 0 Å². The van der Waals surface area contributed by atoms with Crippen molar-refractivity contribution in [1.82, 2.24) is 0 Å². The van der Waals surface area contributed by atoms with E-state index in [1.165, 1.54) is 0 Å². The Morgan fingerprint density at radius 1 is 0.875 bits per heavy atom. The number of nitriles is 1. The lowest BCUT2D eigenvalue weighted by Crippen LogP contribution is -2.23. The van der Waals surface area contributed by atoms with Crippen LogP contribution in [0.25, 0.3) is 11.1 Å². The van der Waals surface area contributed by atoms with Crippen molar-refractivity contribution in [2.24, 2.45) is 0 Å². The van der Waals surface area contributed by atoms with Crippen LogP contribution in [0.4, 0.5) is 0 Å². The molecule has 0 amide bonds. The van der Waals surface area contributed by atoms with Crippen LogP contribution in [-0.4, -0.2) is 11.6 Å². The van der Waals surface area contributed by atoms with Gasteiger partial charge in [0, 0.05) is 0 Å². The van der Waals surface area contributed by atoms with Gasteiger partial charge in [-0.25, -0.2) is 4.79 Å². The normalized spacial score (nSPS) is 11.7. The Kier molecular flexibility index (Phi) is 4.80. The van der Waals surface area contributed by atoms with E-state index in [4.69, 9.17) is 4.74 Å². The van der Waals surface area contributed by atoms with Gasteiger partial charge in [-0.1, -0.05) is 36.4 Å². The Bertz CT molecular complexity index is 757. The van der Waals surface area contributed by atoms with Gasteiger partial charge in [0.15, 0.2) is 0 Å². The van der Waals surface area contributed by atoms with Crippen LogP contribution < -0.4 is 0 Å². The molecule has 0 aliphatic carbocycles. The van der Waals surface area contributed by atoms with E-state index in [0.29, 0.717) is 5.56 Å². The van der Waals surface area contributed by atoms with E-state index < -0.39 is 11.0 Å². The topological polar surface area (TPSA) is 50.1 Å². The molecule has 124 valence electrons. The van der Waals surface area contributed by atoms with Crippen LogP contribution >= 0.6 is 0 Å². The molecule has 0 saturated heterocycles. The molecule has 0 unspecified atom stereocenters. The Hall–Kier alpha value is -2.60. The summed E-state index contributed by atoms with van der Waals surface area (Å²) in [4.78, 5) is 12.0. The minimum absolute atomic E-state index is 0.319. The quantitative estimate of drug-likeness (QED) is 0.738. The van der Waals surface area contributed by atoms with Crippen molar-refractivity contribution in [2.75, 3.05) is 0 Å². The van der Waals surface area contributed by atoms with Crippen LogP contribution in [-0.2, 0) is 10.2 Å². The number of esters is 1. The molecule has 2 rings (SSSR count). The van der Waals surface area contributed by atoms with Crippen molar-refractivity contribution in [3.8, 4) is 17.2 Å². The van der Waals surface area contributed by atoms with E-state index in [-0.39, 0.29) is 5.97 Å². The summed E-state index contributed by atoms with van der Waals surface area (Å²) in [6.45, 7) is 9.35. The van der Waals surface area contributed by atoms with Gasteiger partial charge in [-0.15, -0.1) is 0 Å². The van der Waals surface area contributed by atoms with Crippen molar-refractivity contribution >= 4 is 5.97 Å². The molecule has 0 spiro atoms. The van der Waals surface area contributed by atoms with Gasteiger partial charge in [0.25, 0.3) is 0 Å². The second-order valence-corrected chi connectivity index (χ2v) is 7.39. The third-order valence-electron chi connectivity index (χ3n) is 3.74. The number of rotatable bonds is 3. The maximum Gasteiger partial charge on any atom is 0.338 e. The molecule has 3 heteroatoms. The number of carbonyl (C=O) groups is 1. The number of benzene rings is 2. The third-order valence-corrected chi connectivity index (χ3v) is 3.74. The lowest BCUT2D eigenvalue weighted by Gasteiger charge is -2.19. The average molecular weight is 321 g/mol. The lowest BCUT2D eigenvalue weighted by atomic mass is 9.85. The number of nitrogens with zero attached hydrogens (tertiary/aromatic N) is 1. The highest BCUT2D eigenvalue weighted by Crippen LogP contribution is 2.26. The first-order valence-corrected chi connectivity index (χ1v) is 7.98. The summed E-state index contributed by atoms with van der Waals surface area (Å²) in [6, 6.07) is 17.6. The Labute approximate surface area is 143 Å². The fraction of sp³-hybridized carbons (Fsp3) is 0.333. The number of hydrogen-bond acceptors (Lipinski definition) is 3. The second kappa shape index (κ2) is 6.49. The number of hydrogen-bond donors (Lipinski definition) is 0.